The Labute approximate surface area is 104 Å². The van der Waals surface area contributed by atoms with Crippen LogP contribution in [0.3, 0.4) is 0 Å². The van der Waals surface area contributed by atoms with E-state index in [-0.39, 0.29) is 12.3 Å². The number of aliphatic hydroxyl groups excluding tert-OH is 1. The van der Waals surface area contributed by atoms with Crippen molar-refractivity contribution >= 4 is 11.7 Å². The first-order valence-corrected chi connectivity index (χ1v) is 5.48. The van der Waals surface area contributed by atoms with Crippen LogP contribution in [-0.2, 0) is 14.9 Å². The summed E-state index contributed by atoms with van der Waals surface area (Å²) in [5, 5.41) is 19.9. The Morgan fingerprint density at radius 3 is 2.39 bits per heavy atom. The van der Waals surface area contributed by atoms with Crippen LogP contribution in [0.5, 0.6) is 0 Å². The van der Waals surface area contributed by atoms with Gasteiger partial charge in [-0.05, 0) is 19.4 Å². The van der Waals surface area contributed by atoms with E-state index in [2.05, 4.69) is 0 Å². The molecule has 0 saturated heterocycles. The number of nitro benzene ring substituents is 1. The van der Waals surface area contributed by atoms with Crippen LogP contribution in [0.25, 0.3) is 0 Å². The van der Waals surface area contributed by atoms with Crippen molar-refractivity contribution in [1.82, 2.24) is 0 Å². The van der Waals surface area contributed by atoms with Crippen molar-refractivity contribution in [3.63, 3.8) is 0 Å². The Kier molecular flexibility index (Phi) is 4.38. The summed E-state index contributed by atoms with van der Waals surface area (Å²) in [5.74, 6) is -0.554. The lowest BCUT2D eigenvalue weighted by atomic mass is 9.83. The molecule has 0 unspecified atom stereocenters. The molecule has 1 rings (SSSR count). The van der Waals surface area contributed by atoms with Crippen LogP contribution < -0.4 is 0 Å². The second kappa shape index (κ2) is 5.59. The molecule has 18 heavy (non-hydrogen) atoms. The molecule has 0 saturated carbocycles. The molecule has 0 aliphatic rings. The van der Waals surface area contributed by atoms with Crippen LogP contribution in [0.4, 0.5) is 5.69 Å². The molecular formula is C12H15NO5. The number of aliphatic hydroxyl groups is 1. The monoisotopic (exact) mass is 253 g/mol. The van der Waals surface area contributed by atoms with Crippen LogP contribution in [0.2, 0.25) is 0 Å². The molecule has 0 amide bonds. The molecule has 0 aliphatic heterocycles. The third-order valence-electron chi connectivity index (χ3n) is 2.76. The average molecular weight is 253 g/mol. The van der Waals surface area contributed by atoms with Crippen LogP contribution in [0.15, 0.2) is 24.3 Å². The van der Waals surface area contributed by atoms with Gasteiger partial charge in [-0.25, -0.2) is 0 Å². The van der Waals surface area contributed by atoms with Crippen LogP contribution >= 0.6 is 0 Å². The largest absolute Gasteiger partial charge is 0.465 e. The van der Waals surface area contributed by atoms with Gasteiger partial charge in [-0.3, -0.25) is 14.9 Å². The van der Waals surface area contributed by atoms with E-state index in [4.69, 9.17) is 4.74 Å². The van der Waals surface area contributed by atoms with E-state index in [9.17, 15) is 20.0 Å². The van der Waals surface area contributed by atoms with Crippen molar-refractivity contribution in [3.8, 4) is 0 Å². The molecule has 1 aromatic rings. The predicted octanol–water partition coefficient (Wildman–Crippen LogP) is 1.41. The van der Waals surface area contributed by atoms with Crippen molar-refractivity contribution < 1.29 is 19.6 Å². The number of rotatable bonds is 5. The van der Waals surface area contributed by atoms with Crippen LogP contribution in [-0.4, -0.2) is 29.2 Å². The van der Waals surface area contributed by atoms with Crippen molar-refractivity contribution in [2.24, 2.45) is 0 Å². The predicted molar refractivity (Wildman–Crippen MR) is 64.2 cm³/mol. The lowest BCUT2D eigenvalue weighted by Crippen LogP contribution is -2.38. The van der Waals surface area contributed by atoms with Gasteiger partial charge in [0, 0.05) is 12.1 Å². The average Bonchev–Trinajstić information content (AvgIpc) is 2.38. The van der Waals surface area contributed by atoms with Crippen molar-refractivity contribution in [2.45, 2.75) is 19.3 Å². The summed E-state index contributed by atoms with van der Waals surface area (Å²) in [6, 6.07) is 5.49. The highest BCUT2D eigenvalue weighted by molar-refractivity contribution is 5.83. The summed E-state index contributed by atoms with van der Waals surface area (Å²) in [7, 11) is 0. The molecule has 98 valence electrons. The summed E-state index contributed by atoms with van der Waals surface area (Å²) >= 11 is 0. The fourth-order valence-electron chi connectivity index (χ4n) is 1.52. The van der Waals surface area contributed by atoms with Gasteiger partial charge in [0.05, 0.1) is 18.1 Å². The van der Waals surface area contributed by atoms with Gasteiger partial charge in [0.15, 0.2) is 0 Å². The maximum absolute atomic E-state index is 11.8. The van der Waals surface area contributed by atoms with E-state index in [0.717, 1.165) is 0 Å². The molecule has 6 heteroatoms. The van der Waals surface area contributed by atoms with Crippen molar-refractivity contribution in [1.29, 1.82) is 0 Å². The third kappa shape index (κ3) is 2.65. The quantitative estimate of drug-likeness (QED) is 0.486. The molecule has 0 radical (unpaired) electrons. The molecule has 1 N–H and O–H groups in total. The second-order valence-corrected chi connectivity index (χ2v) is 4.01. The Morgan fingerprint density at radius 1 is 1.44 bits per heavy atom. The van der Waals surface area contributed by atoms with E-state index in [0.29, 0.717) is 5.56 Å². The number of benzene rings is 1. The molecule has 0 fully saturated rings. The highest BCUT2D eigenvalue weighted by atomic mass is 16.6. The Hall–Kier alpha value is -1.95. The van der Waals surface area contributed by atoms with Crippen LogP contribution in [0.1, 0.15) is 19.4 Å². The zero-order valence-corrected chi connectivity index (χ0v) is 10.3. The molecule has 0 spiro atoms. The summed E-state index contributed by atoms with van der Waals surface area (Å²) in [5.41, 5.74) is -0.789. The number of nitro groups is 1. The fourth-order valence-corrected chi connectivity index (χ4v) is 1.52. The van der Waals surface area contributed by atoms with Gasteiger partial charge in [-0.1, -0.05) is 12.1 Å². The number of hydrogen-bond donors (Lipinski definition) is 1. The molecule has 1 aromatic carbocycles. The van der Waals surface area contributed by atoms with Gasteiger partial charge in [-0.15, -0.1) is 0 Å². The van der Waals surface area contributed by atoms with E-state index in [1.54, 1.807) is 6.92 Å². The Balaban J connectivity index is 3.08. The number of esters is 1. The SMILES string of the molecule is CCOC(=O)[C@](C)(CO)c1ccc([N+](=O)[O-])cc1. The number of hydrogen-bond acceptors (Lipinski definition) is 5. The van der Waals surface area contributed by atoms with Crippen molar-refractivity contribution in [2.75, 3.05) is 13.2 Å². The normalized spacial score (nSPS) is 13.7. The highest BCUT2D eigenvalue weighted by Gasteiger charge is 2.36. The molecule has 0 aliphatic carbocycles. The van der Waals surface area contributed by atoms with Crippen molar-refractivity contribution in [3.05, 3.63) is 39.9 Å². The van der Waals surface area contributed by atoms with Gasteiger partial charge in [-0.2, -0.15) is 0 Å². The summed E-state index contributed by atoms with van der Waals surface area (Å²) in [6.45, 7) is 2.99. The summed E-state index contributed by atoms with van der Waals surface area (Å²) in [6.07, 6.45) is 0. The van der Waals surface area contributed by atoms with E-state index >= 15 is 0 Å². The molecule has 1 atom stereocenters. The van der Waals surface area contributed by atoms with Gasteiger partial charge in [0.25, 0.3) is 5.69 Å². The zero-order valence-electron chi connectivity index (χ0n) is 10.3. The lowest BCUT2D eigenvalue weighted by Gasteiger charge is -2.25. The smallest absolute Gasteiger partial charge is 0.318 e. The fraction of sp³-hybridized carbons (Fsp3) is 0.417. The Bertz CT molecular complexity index is 442. The second-order valence-electron chi connectivity index (χ2n) is 4.01. The zero-order chi connectivity index (χ0) is 13.8. The summed E-state index contributed by atoms with van der Waals surface area (Å²) < 4.78 is 4.90. The lowest BCUT2D eigenvalue weighted by molar-refractivity contribution is -0.384. The standard InChI is InChI=1S/C12H15NO5/c1-3-18-11(15)12(2,8-14)9-4-6-10(7-5-9)13(16)17/h4-7,14H,3,8H2,1-2H3/t12-/m1/s1. The number of ether oxygens (including phenoxy) is 1. The van der Waals surface area contributed by atoms with Crippen LogP contribution in [0, 0.1) is 10.1 Å². The molecular weight excluding hydrogens is 238 g/mol. The minimum Gasteiger partial charge on any atom is -0.465 e. The number of nitrogens with zero attached hydrogens (tertiary/aromatic N) is 1. The molecule has 6 nitrogen and oxygen atoms in total. The van der Waals surface area contributed by atoms with Gasteiger partial charge in [0.2, 0.25) is 0 Å². The topological polar surface area (TPSA) is 89.7 Å². The Morgan fingerprint density at radius 2 is 2.00 bits per heavy atom. The molecule has 0 bridgehead atoms. The van der Waals surface area contributed by atoms with Gasteiger partial charge >= 0.3 is 5.97 Å². The van der Waals surface area contributed by atoms with Gasteiger partial charge < -0.3 is 9.84 Å². The maximum atomic E-state index is 11.8. The number of carbonyl (C=O) groups is 1. The maximum Gasteiger partial charge on any atom is 0.318 e. The van der Waals surface area contributed by atoms with Gasteiger partial charge in [0.1, 0.15) is 5.41 Å². The summed E-state index contributed by atoms with van der Waals surface area (Å²) in [4.78, 5) is 21.8. The van der Waals surface area contributed by atoms with E-state index in [1.807, 2.05) is 0 Å². The number of carbonyl (C=O) groups excluding carboxylic acids is 1. The molecule has 0 aromatic heterocycles. The third-order valence-corrected chi connectivity index (χ3v) is 2.76. The minimum atomic E-state index is -1.20. The number of non-ortho nitro benzene ring substituents is 1. The first-order chi connectivity index (χ1) is 8.45. The van der Waals surface area contributed by atoms with E-state index < -0.39 is 22.9 Å². The first kappa shape index (κ1) is 14.1. The minimum absolute atomic E-state index is 0.0668. The highest BCUT2D eigenvalue weighted by Crippen LogP contribution is 2.26. The van der Waals surface area contributed by atoms with E-state index in [1.165, 1.54) is 31.2 Å². The first-order valence-electron chi connectivity index (χ1n) is 5.48. The molecule has 0 heterocycles.